The molecule has 2 N–H and O–H groups in total. The van der Waals surface area contributed by atoms with E-state index >= 15 is 0 Å². The van der Waals surface area contributed by atoms with Gasteiger partial charge in [-0.15, -0.1) is 0 Å². The van der Waals surface area contributed by atoms with Gasteiger partial charge in [-0.1, -0.05) is 30.3 Å². The van der Waals surface area contributed by atoms with E-state index in [1.54, 1.807) is 10.9 Å². The minimum absolute atomic E-state index is 0.286. The van der Waals surface area contributed by atoms with Gasteiger partial charge in [-0.25, -0.2) is 0 Å². The van der Waals surface area contributed by atoms with Gasteiger partial charge in [-0.3, -0.25) is 4.68 Å². The first kappa shape index (κ1) is 9.28. The summed E-state index contributed by atoms with van der Waals surface area (Å²) in [6.07, 6.45) is 1.66. The first-order valence-electron chi connectivity index (χ1n) is 4.56. The first-order valence-corrected chi connectivity index (χ1v) is 4.56. The van der Waals surface area contributed by atoms with Crippen LogP contribution < -0.4 is 5.73 Å². The van der Waals surface area contributed by atoms with Gasteiger partial charge in [-0.05, 0) is 5.56 Å². The maximum absolute atomic E-state index is 8.71. The monoisotopic (exact) mass is 198 g/mol. The summed E-state index contributed by atoms with van der Waals surface area (Å²) in [6.45, 7) is 0.632. The number of nitrogens with zero attached hydrogens (tertiary/aromatic N) is 3. The van der Waals surface area contributed by atoms with E-state index in [1.165, 1.54) is 0 Å². The molecule has 74 valence electrons. The smallest absolute Gasteiger partial charge is 0.163 e. The molecule has 0 amide bonds. The third-order valence-corrected chi connectivity index (χ3v) is 2.10. The van der Waals surface area contributed by atoms with E-state index in [4.69, 9.17) is 11.0 Å². The average Bonchev–Trinajstić information content (AvgIpc) is 2.60. The summed E-state index contributed by atoms with van der Waals surface area (Å²) < 4.78 is 1.67. The summed E-state index contributed by atoms with van der Waals surface area (Å²) >= 11 is 0. The van der Waals surface area contributed by atoms with Crippen LogP contribution in [0.2, 0.25) is 0 Å². The molecule has 0 saturated carbocycles. The number of nitrogen functional groups attached to an aromatic ring is 1. The first-order chi connectivity index (χ1) is 7.29. The second-order valence-corrected chi connectivity index (χ2v) is 3.22. The molecular formula is C11H10N4. The van der Waals surface area contributed by atoms with Gasteiger partial charge in [0.1, 0.15) is 11.6 Å². The molecule has 4 heteroatoms. The van der Waals surface area contributed by atoms with Crippen LogP contribution in [0.25, 0.3) is 0 Å². The summed E-state index contributed by atoms with van der Waals surface area (Å²) in [5.41, 5.74) is 7.10. The Bertz CT molecular complexity index is 493. The van der Waals surface area contributed by atoms with E-state index in [1.807, 2.05) is 36.4 Å². The molecule has 2 aromatic rings. The van der Waals surface area contributed by atoms with E-state index in [9.17, 15) is 0 Å². The second kappa shape index (κ2) is 3.84. The predicted molar refractivity (Wildman–Crippen MR) is 56.9 cm³/mol. The lowest BCUT2D eigenvalue weighted by Crippen LogP contribution is -2.00. The second-order valence-electron chi connectivity index (χ2n) is 3.22. The van der Waals surface area contributed by atoms with Crippen LogP contribution in [0.3, 0.4) is 0 Å². The van der Waals surface area contributed by atoms with Crippen molar-refractivity contribution in [3.63, 3.8) is 0 Å². The van der Waals surface area contributed by atoms with Crippen LogP contribution in [0.4, 0.5) is 5.82 Å². The highest BCUT2D eigenvalue weighted by molar-refractivity contribution is 5.46. The molecule has 0 aliphatic rings. The zero-order chi connectivity index (χ0) is 10.7. The molecular weight excluding hydrogens is 188 g/mol. The minimum Gasteiger partial charge on any atom is -0.381 e. The number of hydrogen-bond acceptors (Lipinski definition) is 3. The molecule has 2 rings (SSSR count). The summed E-state index contributed by atoms with van der Waals surface area (Å²) in [6, 6.07) is 11.9. The molecule has 0 bridgehead atoms. The minimum atomic E-state index is 0.286. The number of nitriles is 1. The summed E-state index contributed by atoms with van der Waals surface area (Å²) in [5.74, 6) is 0.286. The van der Waals surface area contributed by atoms with Crippen molar-refractivity contribution >= 4 is 5.82 Å². The van der Waals surface area contributed by atoms with Gasteiger partial charge >= 0.3 is 0 Å². The predicted octanol–water partition coefficient (Wildman–Crippen LogP) is 1.39. The van der Waals surface area contributed by atoms with Crippen molar-refractivity contribution in [1.82, 2.24) is 9.78 Å². The van der Waals surface area contributed by atoms with Crippen molar-refractivity contribution in [2.45, 2.75) is 6.54 Å². The number of nitrogens with two attached hydrogens (primary N) is 1. The highest BCUT2D eigenvalue weighted by atomic mass is 15.3. The zero-order valence-electron chi connectivity index (χ0n) is 8.09. The Balaban J connectivity index is 2.23. The Labute approximate surface area is 87.6 Å². The fraction of sp³-hybridized carbons (Fsp3) is 0.0909. The third kappa shape index (κ3) is 1.97. The summed E-state index contributed by atoms with van der Waals surface area (Å²) in [7, 11) is 0. The number of anilines is 1. The maximum Gasteiger partial charge on any atom is 0.163 e. The Morgan fingerprint density at radius 3 is 2.67 bits per heavy atom. The van der Waals surface area contributed by atoms with Crippen LogP contribution >= 0.6 is 0 Å². The zero-order valence-corrected chi connectivity index (χ0v) is 8.09. The van der Waals surface area contributed by atoms with Gasteiger partial charge in [0.2, 0.25) is 0 Å². The van der Waals surface area contributed by atoms with Crippen LogP contribution in [-0.4, -0.2) is 9.78 Å². The Morgan fingerprint density at radius 2 is 2.07 bits per heavy atom. The number of aromatic nitrogens is 2. The molecule has 0 aliphatic carbocycles. The molecule has 15 heavy (non-hydrogen) atoms. The number of rotatable bonds is 2. The van der Waals surface area contributed by atoms with E-state index in [0.717, 1.165) is 5.56 Å². The van der Waals surface area contributed by atoms with Gasteiger partial charge in [0, 0.05) is 6.20 Å². The fourth-order valence-corrected chi connectivity index (χ4v) is 1.37. The van der Waals surface area contributed by atoms with Gasteiger partial charge in [0.15, 0.2) is 5.82 Å². The summed E-state index contributed by atoms with van der Waals surface area (Å²) in [4.78, 5) is 0. The molecule has 1 aromatic heterocycles. The average molecular weight is 198 g/mol. The van der Waals surface area contributed by atoms with Crippen molar-refractivity contribution in [3.8, 4) is 6.07 Å². The quantitative estimate of drug-likeness (QED) is 0.792. The Morgan fingerprint density at radius 1 is 1.33 bits per heavy atom. The van der Waals surface area contributed by atoms with Crippen molar-refractivity contribution in [2.75, 3.05) is 5.73 Å². The molecule has 0 radical (unpaired) electrons. The topological polar surface area (TPSA) is 67.6 Å². The summed E-state index contributed by atoms with van der Waals surface area (Å²) in [5, 5.41) is 12.8. The third-order valence-electron chi connectivity index (χ3n) is 2.10. The van der Waals surface area contributed by atoms with Gasteiger partial charge in [-0.2, -0.15) is 10.4 Å². The van der Waals surface area contributed by atoms with E-state index < -0.39 is 0 Å². The van der Waals surface area contributed by atoms with E-state index in [2.05, 4.69) is 5.10 Å². The molecule has 0 saturated heterocycles. The van der Waals surface area contributed by atoms with Crippen LogP contribution in [0.1, 0.15) is 11.1 Å². The van der Waals surface area contributed by atoms with Gasteiger partial charge in [0.05, 0.1) is 6.54 Å². The maximum atomic E-state index is 8.71. The number of hydrogen-bond donors (Lipinski definition) is 1. The SMILES string of the molecule is N#Cc1cn(Cc2ccccc2)nc1N. The molecule has 0 unspecified atom stereocenters. The molecule has 1 heterocycles. The molecule has 1 aromatic carbocycles. The van der Waals surface area contributed by atoms with Crippen LogP contribution in [0.5, 0.6) is 0 Å². The van der Waals surface area contributed by atoms with Crippen molar-refractivity contribution in [2.24, 2.45) is 0 Å². The van der Waals surface area contributed by atoms with Gasteiger partial charge < -0.3 is 5.73 Å². The molecule has 0 spiro atoms. The molecule has 4 nitrogen and oxygen atoms in total. The van der Waals surface area contributed by atoms with Gasteiger partial charge in [0.25, 0.3) is 0 Å². The van der Waals surface area contributed by atoms with Crippen molar-refractivity contribution in [3.05, 3.63) is 47.7 Å². The van der Waals surface area contributed by atoms with Crippen LogP contribution in [0, 0.1) is 11.3 Å². The largest absolute Gasteiger partial charge is 0.381 e. The van der Waals surface area contributed by atoms with Crippen molar-refractivity contribution < 1.29 is 0 Å². The molecule has 0 aliphatic heterocycles. The Hall–Kier alpha value is -2.28. The standard InChI is InChI=1S/C11H10N4/c12-6-10-8-15(14-11(10)13)7-9-4-2-1-3-5-9/h1-5,8H,7H2,(H2,13,14). The molecule has 0 fully saturated rings. The molecule has 0 atom stereocenters. The highest BCUT2D eigenvalue weighted by Crippen LogP contribution is 2.09. The lowest BCUT2D eigenvalue weighted by Gasteiger charge is -2.00. The lowest BCUT2D eigenvalue weighted by atomic mass is 10.2. The van der Waals surface area contributed by atoms with Crippen molar-refractivity contribution in [1.29, 1.82) is 5.26 Å². The normalized spacial score (nSPS) is 9.80. The van der Waals surface area contributed by atoms with Crippen LogP contribution in [-0.2, 0) is 6.54 Å². The lowest BCUT2D eigenvalue weighted by molar-refractivity contribution is 0.690. The Kier molecular flexibility index (Phi) is 2.38. The van der Waals surface area contributed by atoms with Crippen LogP contribution in [0.15, 0.2) is 36.5 Å². The van der Waals surface area contributed by atoms with E-state index in [0.29, 0.717) is 12.1 Å². The fourth-order valence-electron chi connectivity index (χ4n) is 1.37. The van der Waals surface area contributed by atoms with E-state index in [-0.39, 0.29) is 5.82 Å². The number of benzene rings is 1. The highest BCUT2D eigenvalue weighted by Gasteiger charge is 2.04.